The molecule has 7 nitrogen and oxygen atoms in total. The van der Waals surface area contributed by atoms with Crippen molar-refractivity contribution in [1.29, 1.82) is 0 Å². The first-order chi connectivity index (χ1) is 16.5. The molecule has 7 rings (SSSR count). The zero-order chi connectivity index (χ0) is 23.8. The summed E-state index contributed by atoms with van der Waals surface area (Å²) in [4.78, 5) is 42.4. The van der Waals surface area contributed by atoms with Gasteiger partial charge in [-0.05, 0) is 34.4 Å². The minimum absolute atomic E-state index is 0.249. The molecule has 3 aliphatic carbocycles. The molecule has 1 aliphatic heterocycles. The Bertz CT molecular complexity index is 1350. The number of carbonyl (C=O) groups excluding carboxylic acids is 2. The van der Waals surface area contributed by atoms with Gasteiger partial charge in [0.2, 0.25) is 11.8 Å². The number of aliphatic carboxylic acids is 1. The number of ether oxygens (including phenoxy) is 2. The molecule has 170 valence electrons. The van der Waals surface area contributed by atoms with Crippen LogP contribution in [0.5, 0.6) is 11.5 Å². The monoisotopic (exact) mass is 455 g/mol. The van der Waals surface area contributed by atoms with Crippen LogP contribution in [0.25, 0.3) is 0 Å². The third kappa shape index (κ3) is 2.24. The number of hydrogen-bond donors (Lipinski definition) is 1. The standard InChI is InChI=1S/C27H21NO6/c1-33-14-11-12-20(34-2)19(13-14)28-24(29)22-21-15-7-3-5-9-17(15)27(26(31)32,23(22)25(28)30)18-10-6-4-8-16(18)21/h3-13,21-23H,1-2H3,(H,31,32). The van der Waals surface area contributed by atoms with Gasteiger partial charge in [-0.2, -0.15) is 0 Å². The fourth-order valence-corrected chi connectivity index (χ4v) is 6.34. The Morgan fingerprint density at radius 2 is 1.50 bits per heavy atom. The van der Waals surface area contributed by atoms with Crippen molar-refractivity contribution in [2.24, 2.45) is 11.8 Å². The van der Waals surface area contributed by atoms with Crippen LogP contribution in [0.15, 0.2) is 66.7 Å². The number of rotatable bonds is 4. The molecular formula is C27H21NO6. The maximum atomic E-state index is 14.1. The average Bonchev–Trinajstić information content (AvgIpc) is 3.13. The van der Waals surface area contributed by atoms with Crippen molar-refractivity contribution in [2.75, 3.05) is 19.1 Å². The zero-order valence-electron chi connectivity index (χ0n) is 18.5. The third-order valence-corrected chi connectivity index (χ3v) is 7.58. The second-order valence-corrected chi connectivity index (χ2v) is 8.82. The van der Waals surface area contributed by atoms with Crippen molar-refractivity contribution in [3.8, 4) is 11.5 Å². The van der Waals surface area contributed by atoms with E-state index in [0.717, 1.165) is 16.0 Å². The Labute approximate surface area is 195 Å². The van der Waals surface area contributed by atoms with E-state index in [9.17, 15) is 19.5 Å². The van der Waals surface area contributed by atoms with Crippen LogP contribution in [0.4, 0.5) is 5.69 Å². The third-order valence-electron chi connectivity index (χ3n) is 7.58. The highest BCUT2D eigenvalue weighted by Gasteiger charge is 2.71. The van der Waals surface area contributed by atoms with Gasteiger partial charge in [-0.25, -0.2) is 4.90 Å². The molecule has 0 saturated carbocycles. The number of carboxylic acids is 1. The van der Waals surface area contributed by atoms with Gasteiger partial charge in [0.05, 0.1) is 31.7 Å². The van der Waals surface area contributed by atoms with Crippen LogP contribution in [-0.4, -0.2) is 37.1 Å². The zero-order valence-corrected chi connectivity index (χ0v) is 18.5. The lowest BCUT2D eigenvalue weighted by atomic mass is 9.47. The fraction of sp³-hybridized carbons (Fsp3) is 0.222. The van der Waals surface area contributed by atoms with Crippen molar-refractivity contribution in [2.45, 2.75) is 11.3 Å². The van der Waals surface area contributed by atoms with Gasteiger partial charge in [-0.15, -0.1) is 0 Å². The molecule has 2 bridgehead atoms. The molecule has 1 N–H and O–H groups in total. The molecule has 2 unspecified atom stereocenters. The summed E-state index contributed by atoms with van der Waals surface area (Å²) in [5.74, 6) is -3.67. The van der Waals surface area contributed by atoms with Crippen LogP contribution in [0.2, 0.25) is 0 Å². The largest absolute Gasteiger partial charge is 0.497 e. The first-order valence-corrected chi connectivity index (χ1v) is 11.0. The van der Waals surface area contributed by atoms with Crippen molar-refractivity contribution in [3.63, 3.8) is 0 Å². The smallest absolute Gasteiger partial charge is 0.319 e. The number of hydrogen-bond acceptors (Lipinski definition) is 5. The number of imide groups is 1. The Morgan fingerprint density at radius 3 is 2.06 bits per heavy atom. The SMILES string of the molecule is COc1ccc(OC)c(N2C(=O)C3C4c5ccccc5C(C(=O)O)(c5ccccc54)C3C2=O)c1. The Morgan fingerprint density at radius 1 is 0.882 bits per heavy atom. The summed E-state index contributed by atoms with van der Waals surface area (Å²) in [7, 11) is 2.95. The summed E-state index contributed by atoms with van der Waals surface area (Å²) < 4.78 is 10.8. The van der Waals surface area contributed by atoms with Crippen LogP contribution in [0.3, 0.4) is 0 Å². The van der Waals surface area contributed by atoms with Crippen molar-refractivity contribution in [3.05, 3.63) is 89.0 Å². The molecule has 0 aromatic heterocycles. The number of anilines is 1. The number of methoxy groups -OCH3 is 2. The maximum absolute atomic E-state index is 14.1. The van der Waals surface area contributed by atoms with Crippen LogP contribution in [0.1, 0.15) is 28.2 Å². The van der Waals surface area contributed by atoms with Gasteiger partial charge in [0.1, 0.15) is 16.9 Å². The molecule has 7 heteroatoms. The van der Waals surface area contributed by atoms with E-state index in [4.69, 9.17) is 9.47 Å². The lowest BCUT2D eigenvalue weighted by Gasteiger charge is -2.51. The lowest BCUT2D eigenvalue weighted by molar-refractivity contribution is -0.149. The highest BCUT2D eigenvalue weighted by molar-refractivity contribution is 6.25. The summed E-state index contributed by atoms with van der Waals surface area (Å²) in [6, 6.07) is 19.4. The van der Waals surface area contributed by atoms with Crippen LogP contribution in [0, 0.1) is 11.8 Å². The van der Waals surface area contributed by atoms with E-state index in [2.05, 4.69) is 0 Å². The average molecular weight is 455 g/mol. The highest BCUT2D eigenvalue weighted by Crippen LogP contribution is 2.64. The summed E-state index contributed by atoms with van der Waals surface area (Å²) in [6.45, 7) is 0. The number of amides is 2. The molecule has 1 saturated heterocycles. The number of benzene rings is 3. The van der Waals surface area contributed by atoms with Crippen LogP contribution >= 0.6 is 0 Å². The van der Waals surface area contributed by atoms with E-state index < -0.39 is 41.0 Å². The molecule has 3 aromatic rings. The second kappa shape index (κ2) is 6.93. The Balaban J connectivity index is 1.65. The molecule has 0 spiro atoms. The number of nitrogens with zero attached hydrogens (tertiary/aromatic N) is 1. The van der Waals surface area contributed by atoms with Gasteiger partial charge in [0.25, 0.3) is 0 Å². The molecule has 34 heavy (non-hydrogen) atoms. The quantitative estimate of drug-likeness (QED) is 0.607. The predicted molar refractivity (Wildman–Crippen MR) is 122 cm³/mol. The van der Waals surface area contributed by atoms with E-state index in [0.29, 0.717) is 22.6 Å². The first-order valence-electron chi connectivity index (χ1n) is 11.0. The minimum atomic E-state index is -1.67. The number of carbonyl (C=O) groups is 3. The van der Waals surface area contributed by atoms with Crippen molar-refractivity contribution >= 4 is 23.5 Å². The lowest BCUT2D eigenvalue weighted by Crippen LogP contribution is -2.57. The molecule has 1 heterocycles. The minimum Gasteiger partial charge on any atom is -0.497 e. The molecule has 4 aliphatic rings. The van der Waals surface area contributed by atoms with E-state index in [1.165, 1.54) is 14.2 Å². The molecule has 1 fully saturated rings. The summed E-state index contributed by atoms with van der Waals surface area (Å²) in [6.07, 6.45) is 0. The summed E-state index contributed by atoms with van der Waals surface area (Å²) >= 11 is 0. The molecule has 2 amide bonds. The van der Waals surface area contributed by atoms with Gasteiger partial charge < -0.3 is 14.6 Å². The van der Waals surface area contributed by atoms with Crippen molar-refractivity contribution < 1.29 is 29.0 Å². The van der Waals surface area contributed by atoms with E-state index in [1.807, 2.05) is 24.3 Å². The van der Waals surface area contributed by atoms with E-state index in [-0.39, 0.29) is 5.69 Å². The normalized spacial score (nSPS) is 26.1. The summed E-state index contributed by atoms with van der Waals surface area (Å²) in [5, 5.41) is 10.8. The van der Waals surface area contributed by atoms with Gasteiger partial charge in [-0.1, -0.05) is 48.5 Å². The molecule has 3 aromatic carbocycles. The van der Waals surface area contributed by atoms with Crippen LogP contribution < -0.4 is 14.4 Å². The summed E-state index contributed by atoms with van der Waals surface area (Å²) in [5.41, 5.74) is 1.30. The van der Waals surface area contributed by atoms with E-state index in [1.54, 1.807) is 42.5 Å². The highest BCUT2D eigenvalue weighted by atomic mass is 16.5. The topological polar surface area (TPSA) is 93.1 Å². The van der Waals surface area contributed by atoms with Crippen molar-refractivity contribution in [1.82, 2.24) is 0 Å². The second-order valence-electron chi connectivity index (χ2n) is 8.82. The van der Waals surface area contributed by atoms with Gasteiger partial charge in [0.15, 0.2) is 0 Å². The Kier molecular flexibility index (Phi) is 4.18. The van der Waals surface area contributed by atoms with Gasteiger partial charge in [0, 0.05) is 12.0 Å². The van der Waals surface area contributed by atoms with Gasteiger partial charge in [-0.3, -0.25) is 14.4 Å². The molecule has 0 radical (unpaired) electrons. The number of carboxylic acid groups (broad SMARTS) is 1. The fourth-order valence-electron chi connectivity index (χ4n) is 6.34. The van der Waals surface area contributed by atoms with E-state index >= 15 is 0 Å². The molecular weight excluding hydrogens is 434 g/mol. The predicted octanol–water partition coefficient (Wildman–Crippen LogP) is 3.34. The first kappa shape index (κ1) is 20.5. The maximum Gasteiger partial charge on any atom is 0.319 e. The molecule has 2 atom stereocenters. The van der Waals surface area contributed by atoms with Crippen LogP contribution in [-0.2, 0) is 19.8 Å². The Hall–Kier alpha value is -4.13. The van der Waals surface area contributed by atoms with Gasteiger partial charge >= 0.3 is 5.97 Å².